The smallest absolute Gasteiger partial charge is 0.275 e. The SMILES string of the molecule is O=C1N=NC2=CC=NCC12. The number of allylic oxidation sites excluding steroid dienone is 1. The summed E-state index contributed by atoms with van der Waals surface area (Å²) in [5.74, 6) is -0.340. The van der Waals surface area contributed by atoms with E-state index in [2.05, 4.69) is 15.2 Å². The Morgan fingerprint density at radius 2 is 2.40 bits per heavy atom. The van der Waals surface area contributed by atoms with E-state index in [1.54, 1.807) is 12.3 Å². The number of azo groups is 1. The molecule has 2 aliphatic heterocycles. The lowest BCUT2D eigenvalue weighted by Gasteiger charge is -2.05. The summed E-state index contributed by atoms with van der Waals surface area (Å²) in [5, 5.41) is 7.10. The summed E-state index contributed by atoms with van der Waals surface area (Å²) in [4.78, 5) is 14.8. The van der Waals surface area contributed by atoms with Crippen LogP contribution in [0.4, 0.5) is 0 Å². The molecule has 2 aliphatic rings. The molecule has 0 aromatic rings. The molecule has 0 saturated carbocycles. The first-order chi connectivity index (χ1) is 4.88. The molecule has 10 heavy (non-hydrogen) atoms. The van der Waals surface area contributed by atoms with E-state index in [0.29, 0.717) is 6.54 Å². The fourth-order valence-corrected chi connectivity index (χ4v) is 0.989. The third-order valence-corrected chi connectivity index (χ3v) is 1.56. The van der Waals surface area contributed by atoms with Gasteiger partial charge in [-0.1, -0.05) is 0 Å². The zero-order chi connectivity index (χ0) is 6.97. The first-order valence-corrected chi connectivity index (χ1v) is 3.03. The quantitative estimate of drug-likeness (QED) is 0.478. The van der Waals surface area contributed by atoms with Crippen molar-refractivity contribution >= 4 is 12.1 Å². The number of aliphatic imine (C=N–C) groups is 1. The summed E-state index contributed by atoms with van der Waals surface area (Å²) in [6.07, 6.45) is 3.38. The predicted molar refractivity (Wildman–Crippen MR) is 34.8 cm³/mol. The third kappa shape index (κ3) is 0.618. The minimum absolute atomic E-state index is 0.164. The van der Waals surface area contributed by atoms with E-state index in [1.807, 2.05) is 0 Å². The van der Waals surface area contributed by atoms with Crippen molar-refractivity contribution in [2.75, 3.05) is 6.54 Å². The summed E-state index contributed by atoms with van der Waals surface area (Å²) in [6.45, 7) is 0.512. The van der Waals surface area contributed by atoms with Gasteiger partial charge >= 0.3 is 0 Å². The molecule has 2 rings (SSSR count). The number of rotatable bonds is 0. The van der Waals surface area contributed by atoms with Crippen molar-refractivity contribution in [2.24, 2.45) is 21.1 Å². The molecule has 0 aromatic heterocycles. The van der Waals surface area contributed by atoms with Crippen molar-refractivity contribution in [3.8, 4) is 0 Å². The fraction of sp³-hybridized carbons (Fsp3) is 0.333. The van der Waals surface area contributed by atoms with E-state index in [0.717, 1.165) is 5.70 Å². The number of carbonyl (C=O) groups is 1. The highest BCUT2D eigenvalue weighted by molar-refractivity contribution is 5.88. The summed E-state index contributed by atoms with van der Waals surface area (Å²) >= 11 is 0. The maximum atomic E-state index is 10.8. The summed E-state index contributed by atoms with van der Waals surface area (Å²) < 4.78 is 0. The first kappa shape index (κ1) is 5.46. The highest BCUT2D eigenvalue weighted by atomic mass is 16.2. The van der Waals surface area contributed by atoms with Crippen LogP contribution in [-0.4, -0.2) is 18.7 Å². The van der Waals surface area contributed by atoms with Gasteiger partial charge in [-0.05, 0) is 6.08 Å². The van der Waals surface area contributed by atoms with Gasteiger partial charge in [0.25, 0.3) is 5.91 Å². The van der Waals surface area contributed by atoms with Crippen LogP contribution in [-0.2, 0) is 4.79 Å². The Bertz CT molecular complexity index is 264. The minimum Gasteiger partial charge on any atom is -0.292 e. The lowest BCUT2D eigenvalue weighted by Crippen LogP contribution is -2.14. The summed E-state index contributed by atoms with van der Waals surface area (Å²) in [6, 6.07) is 0. The molecule has 1 unspecified atom stereocenters. The van der Waals surface area contributed by atoms with Gasteiger partial charge in [-0.2, -0.15) is 5.11 Å². The molecule has 50 valence electrons. The molecule has 0 aromatic carbocycles. The maximum absolute atomic E-state index is 10.8. The molecule has 0 bridgehead atoms. The second kappa shape index (κ2) is 1.83. The molecule has 4 nitrogen and oxygen atoms in total. The summed E-state index contributed by atoms with van der Waals surface area (Å²) in [7, 11) is 0. The lowest BCUT2D eigenvalue weighted by atomic mass is 10.1. The van der Waals surface area contributed by atoms with Crippen molar-refractivity contribution in [3.05, 3.63) is 11.8 Å². The average molecular weight is 135 g/mol. The molecule has 1 atom stereocenters. The van der Waals surface area contributed by atoms with Gasteiger partial charge in [-0.15, -0.1) is 5.11 Å². The highest BCUT2D eigenvalue weighted by Gasteiger charge is 2.28. The van der Waals surface area contributed by atoms with E-state index in [9.17, 15) is 4.79 Å². The van der Waals surface area contributed by atoms with E-state index in [4.69, 9.17) is 0 Å². The van der Waals surface area contributed by atoms with E-state index in [-0.39, 0.29) is 11.8 Å². The van der Waals surface area contributed by atoms with Crippen LogP contribution in [0.25, 0.3) is 0 Å². The second-order valence-corrected chi connectivity index (χ2v) is 2.20. The van der Waals surface area contributed by atoms with Gasteiger partial charge in [-0.25, -0.2) is 0 Å². The number of amides is 1. The number of carbonyl (C=O) groups excluding carboxylic acids is 1. The molecule has 0 aliphatic carbocycles. The number of hydrogen-bond donors (Lipinski definition) is 0. The zero-order valence-corrected chi connectivity index (χ0v) is 5.19. The van der Waals surface area contributed by atoms with Crippen LogP contribution in [0.2, 0.25) is 0 Å². The third-order valence-electron chi connectivity index (χ3n) is 1.56. The molecule has 0 spiro atoms. The Hall–Kier alpha value is -1.32. The molecule has 0 saturated heterocycles. The van der Waals surface area contributed by atoms with Crippen LogP contribution in [0.15, 0.2) is 27.0 Å². The molecule has 1 amide bonds. The maximum Gasteiger partial charge on any atom is 0.275 e. The topological polar surface area (TPSA) is 54.1 Å². The molecular weight excluding hydrogens is 130 g/mol. The Labute approximate surface area is 57.4 Å². The average Bonchev–Trinajstić information content (AvgIpc) is 2.34. The standard InChI is InChI=1S/C6H5N3O/c10-6-4-3-7-2-1-5(4)8-9-6/h1-2,4H,3H2. The van der Waals surface area contributed by atoms with Crippen LogP contribution in [0.3, 0.4) is 0 Å². The van der Waals surface area contributed by atoms with Crippen LogP contribution in [0.5, 0.6) is 0 Å². The summed E-state index contributed by atoms with van der Waals surface area (Å²) in [5.41, 5.74) is 0.750. The number of hydrogen-bond acceptors (Lipinski definition) is 3. The Morgan fingerprint density at radius 1 is 1.50 bits per heavy atom. The van der Waals surface area contributed by atoms with E-state index >= 15 is 0 Å². The van der Waals surface area contributed by atoms with Gasteiger partial charge in [0.15, 0.2) is 0 Å². The van der Waals surface area contributed by atoms with Crippen molar-refractivity contribution in [1.82, 2.24) is 0 Å². The van der Waals surface area contributed by atoms with Gasteiger partial charge in [0, 0.05) is 6.21 Å². The van der Waals surface area contributed by atoms with Crippen molar-refractivity contribution in [1.29, 1.82) is 0 Å². The van der Waals surface area contributed by atoms with Crippen LogP contribution >= 0.6 is 0 Å². The zero-order valence-electron chi connectivity index (χ0n) is 5.19. The minimum atomic E-state index is -0.176. The normalized spacial score (nSPS) is 28.6. The largest absolute Gasteiger partial charge is 0.292 e. The van der Waals surface area contributed by atoms with Gasteiger partial charge in [0.2, 0.25) is 0 Å². The molecule has 0 fully saturated rings. The molecule has 0 radical (unpaired) electrons. The van der Waals surface area contributed by atoms with Gasteiger partial charge in [0.1, 0.15) is 5.92 Å². The Kier molecular flexibility index (Phi) is 1.00. The second-order valence-electron chi connectivity index (χ2n) is 2.20. The molecule has 2 heterocycles. The van der Waals surface area contributed by atoms with Crippen LogP contribution in [0.1, 0.15) is 0 Å². The number of nitrogens with zero attached hydrogens (tertiary/aromatic N) is 3. The van der Waals surface area contributed by atoms with Crippen molar-refractivity contribution in [3.63, 3.8) is 0 Å². The Morgan fingerprint density at radius 3 is 3.20 bits per heavy atom. The molecule has 4 heteroatoms. The van der Waals surface area contributed by atoms with Crippen LogP contribution < -0.4 is 0 Å². The number of fused-ring (bicyclic) bond motifs is 1. The molecule has 0 N–H and O–H groups in total. The van der Waals surface area contributed by atoms with E-state index in [1.165, 1.54) is 0 Å². The lowest BCUT2D eigenvalue weighted by molar-refractivity contribution is -0.119. The monoisotopic (exact) mass is 135 g/mol. The molecular formula is C6H5N3O. The Balaban J connectivity index is 2.39. The van der Waals surface area contributed by atoms with E-state index < -0.39 is 0 Å². The first-order valence-electron chi connectivity index (χ1n) is 3.03. The fourth-order valence-electron chi connectivity index (χ4n) is 0.989. The number of dihydropyridines is 1. The van der Waals surface area contributed by atoms with Crippen molar-refractivity contribution in [2.45, 2.75) is 0 Å². The van der Waals surface area contributed by atoms with Crippen LogP contribution in [0, 0.1) is 5.92 Å². The van der Waals surface area contributed by atoms with Crippen molar-refractivity contribution < 1.29 is 4.79 Å². The van der Waals surface area contributed by atoms with Gasteiger partial charge < -0.3 is 0 Å². The predicted octanol–water partition coefficient (Wildman–Crippen LogP) is 0.563. The highest BCUT2D eigenvalue weighted by Crippen LogP contribution is 2.23. The van der Waals surface area contributed by atoms with Gasteiger partial charge in [0.05, 0.1) is 12.2 Å². The van der Waals surface area contributed by atoms with Gasteiger partial charge in [-0.3, -0.25) is 9.79 Å².